The molecule has 0 saturated heterocycles. The molecule has 0 saturated carbocycles. The Morgan fingerprint density at radius 3 is 2.28 bits per heavy atom. The van der Waals surface area contributed by atoms with Crippen molar-refractivity contribution in [2.45, 2.75) is 12.5 Å². The highest BCUT2D eigenvalue weighted by molar-refractivity contribution is 5.26. The number of aromatic hydroxyl groups is 1. The van der Waals surface area contributed by atoms with Crippen LogP contribution in [0.4, 0.5) is 0 Å². The summed E-state index contributed by atoms with van der Waals surface area (Å²) >= 11 is 0. The van der Waals surface area contributed by atoms with E-state index in [-0.39, 0.29) is 12.2 Å². The molecule has 1 aromatic carbocycles. The van der Waals surface area contributed by atoms with Crippen LogP contribution in [0, 0.1) is 20.2 Å². The van der Waals surface area contributed by atoms with Gasteiger partial charge in [0.1, 0.15) is 18.5 Å². The summed E-state index contributed by atoms with van der Waals surface area (Å²) in [5, 5.41) is 27.2. The van der Waals surface area contributed by atoms with Crippen LogP contribution >= 0.6 is 0 Å². The minimum Gasteiger partial charge on any atom is -0.508 e. The Hall–Kier alpha value is -2.58. The summed E-state index contributed by atoms with van der Waals surface area (Å²) in [4.78, 5) is 28.5. The molecule has 0 radical (unpaired) electrons. The van der Waals surface area contributed by atoms with Crippen molar-refractivity contribution in [1.82, 2.24) is 0 Å². The third-order valence-corrected chi connectivity index (χ3v) is 2.00. The fourth-order valence-electron chi connectivity index (χ4n) is 1.29. The van der Waals surface area contributed by atoms with Gasteiger partial charge in [0.05, 0.1) is 0 Å². The average Bonchev–Trinajstić information content (AvgIpc) is 2.28. The van der Waals surface area contributed by atoms with Gasteiger partial charge in [0.25, 0.3) is 10.2 Å². The molecule has 9 heteroatoms. The summed E-state index contributed by atoms with van der Waals surface area (Å²) in [6.45, 7) is -0.547. The summed E-state index contributed by atoms with van der Waals surface area (Å²) in [5.74, 6) is 0.0482. The first-order valence-corrected chi connectivity index (χ1v) is 4.83. The van der Waals surface area contributed by atoms with E-state index in [0.29, 0.717) is 5.56 Å². The SMILES string of the molecule is O=[N+]([O-])OCC(Cc1ccc(O)cc1)O[N+](=O)[O-]. The van der Waals surface area contributed by atoms with Crippen LogP contribution in [-0.4, -0.2) is 28.0 Å². The van der Waals surface area contributed by atoms with E-state index in [1.807, 2.05) is 0 Å². The van der Waals surface area contributed by atoms with E-state index in [9.17, 15) is 20.2 Å². The molecule has 0 spiro atoms. The lowest BCUT2D eigenvalue weighted by atomic mass is 10.1. The molecule has 0 aliphatic rings. The zero-order chi connectivity index (χ0) is 13.5. The maximum Gasteiger partial charge on any atom is 0.294 e. The molecule has 1 atom stereocenters. The van der Waals surface area contributed by atoms with Gasteiger partial charge in [-0.05, 0) is 17.7 Å². The summed E-state index contributed by atoms with van der Waals surface area (Å²) in [6.07, 6.45) is -1.04. The van der Waals surface area contributed by atoms with Crippen LogP contribution in [0.25, 0.3) is 0 Å². The Bertz CT molecular complexity index is 419. The highest BCUT2D eigenvalue weighted by Crippen LogP contribution is 2.12. The van der Waals surface area contributed by atoms with Gasteiger partial charge in [-0.1, -0.05) is 12.1 Å². The molecule has 1 aromatic rings. The molecular formula is C9H10N2O7. The van der Waals surface area contributed by atoms with Crippen molar-refractivity contribution < 1.29 is 25.0 Å². The molecule has 0 aliphatic heterocycles. The Morgan fingerprint density at radius 2 is 1.78 bits per heavy atom. The van der Waals surface area contributed by atoms with Crippen molar-refractivity contribution >= 4 is 0 Å². The summed E-state index contributed by atoms with van der Waals surface area (Å²) < 4.78 is 0. The van der Waals surface area contributed by atoms with E-state index in [2.05, 4.69) is 9.68 Å². The highest BCUT2D eigenvalue weighted by Gasteiger charge is 2.16. The molecule has 1 N–H and O–H groups in total. The fraction of sp³-hybridized carbons (Fsp3) is 0.333. The Balaban J connectivity index is 2.61. The molecule has 0 aromatic heterocycles. The lowest BCUT2D eigenvalue weighted by Crippen LogP contribution is -2.26. The monoisotopic (exact) mass is 258 g/mol. The van der Waals surface area contributed by atoms with Gasteiger partial charge < -0.3 is 14.8 Å². The number of hydrogen-bond acceptors (Lipinski definition) is 7. The zero-order valence-electron chi connectivity index (χ0n) is 9.09. The van der Waals surface area contributed by atoms with Gasteiger partial charge >= 0.3 is 0 Å². The second-order valence-corrected chi connectivity index (χ2v) is 3.34. The molecular weight excluding hydrogens is 248 g/mol. The van der Waals surface area contributed by atoms with Crippen molar-refractivity contribution in [1.29, 1.82) is 0 Å². The van der Waals surface area contributed by atoms with Crippen LogP contribution < -0.4 is 0 Å². The van der Waals surface area contributed by atoms with E-state index in [1.165, 1.54) is 24.3 Å². The van der Waals surface area contributed by atoms with Gasteiger partial charge in [-0.3, -0.25) is 0 Å². The summed E-state index contributed by atoms with van der Waals surface area (Å²) in [6, 6.07) is 5.84. The first kappa shape index (κ1) is 13.5. The number of rotatable bonds is 7. The van der Waals surface area contributed by atoms with Gasteiger partial charge in [-0.15, -0.1) is 20.2 Å². The van der Waals surface area contributed by atoms with Gasteiger partial charge in [-0.25, -0.2) is 0 Å². The molecule has 98 valence electrons. The smallest absolute Gasteiger partial charge is 0.294 e. The van der Waals surface area contributed by atoms with Crippen LogP contribution in [0.1, 0.15) is 5.56 Å². The van der Waals surface area contributed by atoms with E-state index in [0.717, 1.165) is 0 Å². The van der Waals surface area contributed by atoms with Gasteiger partial charge in [-0.2, -0.15) is 0 Å². The Morgan fingerprint density at radius 1 is 1.17 bits per heavy atom. The summed E-state index contributed by atoms with van der Waals surface area (Å²) in [7, 11) is 0. The lowest BCUT2D eigenvalue weighted by Gasteiger charge is -2.13. The molecule has 1 unspecified atom stereocenters. The van der Waals surface area contributed by atoms with Crippen LogP contribution in [0.2, 0.25) is 0 Å². The molecule has 9 nitrogen and oxygen atoms in total. The quantitative estimate of drug-likeness (QED) is 0.564. The van der Waals surface area contributed by atoms with Crippen LogP contribution in [0.5, 0.6) is 5.75 Å². The fourth-order valence-corrected chi connectivity index (χ4v) is 1.29. The minimum absolute atomic E-state index is 0.0482. The number of phenolic OH excluding ortho intramolecular Hbond substituents is 1. The first-order valence-electron chi connectivity index (χ1n) is 4.83. The van der Waals surface area contributed by atoms with Gasteiger partial charge in [0.15, 0.2) is 0 Å². The molecule has 0 fully saturated rings. The topological polar surface area (TPSA) is 125 Å². The Labute approximate surface area is 101 Å². The van der Waals surface area contributed by atoms with Gasteiger partial charge in [0.2, 0.25) is 0 Å². The van der Waals surface area contributed by atoms with E-state index in [4.69, 9.17) is 5.11 Å². The molecule has 0 amide bonds. The number of nitrogens with zero attached hydrogens (tertiary/aromatic N) is 2. The van der Waals surface area contributed by atoms with E-state index < -0.39 is 22.9 Å². The van der Waals surface area contributed by atoms with Crippen LogP contribution in [0.3, 0.4) is 0 Å². The third-order valence-electron chi connectivity index (χ3n) is 2.00. The highest BCUT2D eigenvalue weighted by atomic mass is 17.0. The maximum atomic E-state index is 10.2. The van der Waals surface area contributed by atoms with Crippen molar-refractivity contribution in [3.8, 4) is 5.75 Å². The second-order valence-electron chi connectivity index (χ2n) is 3.34. The van der Waals surface area contributed by atoms with Crippen LogP contribution in [0.15, 0.2) is 24.3 Å². The molecule has 0 aliphatic carbocycles. The van der Waals surface area contributed by atoms with Crippen LogP contribution in [-0.2, 0) is 16.1 Å². The Kier molecular flexibility index (Phi) is 4.67. The number of hydrogen-bond donors (Lipinski definition) is 1. The molecule has 0 heterocycles. The molecule has 0 bridgehead atoms. The first-order chi connectivity index (χ1) is 8.47. The standard InChI is InChI=1S/C9H10N2O7/c12-8-3-1-7(2-4-8)5-9(18-11(15)16)6-17-10(13)14/h1-4,9,12H,5-6H2. The van der Waals surface area contributed by atoms with Crippen molar-refractivity contribution in [2.24, 2.45) is 0 Å². The van der Waals surface area contributed by atoms with Crippen molar-refractivity contribution in [3.05, 3.63) is 50.1 Å². The predicted molar refractivity (Wildman–Crippen MR) is 56.6 cm³/mol. The number of benzene rings is 1. The van der Waals surface area contributed by atoms with Gasteiger partial charge in [0, 0.05) is 6.42 Å². The maximum absolute atomic E-state index is 10.2. The zero-order valence-corrected chi connectivity index (χ0v) is 9.09. The number of phenols is 1. The van der Waals surface area contributed by atoms with E-state index in [1.54, 1.807) is 0 Å². The average molecular weight is 258 g/mol. The summed E-state index contributed by atoms with van der Waals surface area (Å²) in [5.41, 5.74) is 0.617. The minimum atomic E-state index is -1.09. The van der Waals surface area contributed by atoms with Crippen molar-refractivity contribution in [3.63, 3.8) is 0 Å². The van der Waals surface area contributed by atoms with Crippen molar-refractivity contribution in [2.75, 3.05) is 6.61 Å². The predicted octanol–water partition coefficient (Wildman–Crippen LogP) is 0.720. The van der Waals surface area contributed by atoms with E-state index >= 15 is 0 Å². The normalized spacial score (nSPS) is 11.6. The largest absolute Gasteiger partial charge is 0.508 e. The lowest BCUT2D eigenvalue weighted by molar-refractivity contribution is -0.789. The molecule has 1 rings (SSSR count). The molecule has 18 heavy (non-hydrogen) atoms. The second kappa shape index (κ2) is 6.23. The third kappa shape index (κ3) is 4.96.